The second kappa shape index (κ2) is 8.02. The van der Waals surface area contributed by atoms with Crippen molar-refractivity contribution in [2.75, 3.05) is 5.43 Å². The zero-order valence-corrected chi connectivity index (χ0v) is 15.1. The number of hydrogen-bond donors (Lipinski definition) is 2. The molecule has 2 aromatic heterocycles. The Kier molecular flexibility index (Phi) is 4.95. The molecule has 0 bridgehead atoms. The predicted molar refractivity (Wildman–Crippen MR) is 110 cm³/mol. The summed E-state index contributed by atoms with van der Waals surface area (Å²) in [5.41, 5.74) is 4.80. The van der Waals surface area contributed by atoms with Crippen molar-refractivity contribution in [3.05, 3.63) is 94.5 Å². The Bertz CT molecular complexity index is 1250. The van der Waals surface area contributed by atoms with Crippen LogP contribution in [-0.2, 0) is 0 Å². The molecule has 4 aromatic rings. The monoisotopic (exact) mass is 381 g/mol. The lowest BCUT2D eigenvalue weighted by molar-refractivity contribution is 0.879. The average Bonchev–Trinajstić information content (AvgIpc) is 3.29. The van der Waals surface area contributed by atoms with Crippen molar-refractivity contribution in [2.24, 2.45) is 5.10 Å². The van der Waals surface area contributed by atoms with Gasteiger partial charge in [0, 0.05) is 23.5 Å². The standard InChI is InChI=1S/C21H15N7O/c22-13-17-19(15-7-2-1-3-8-15)25-21(26-20(17)29)27-23-14-16-9-4-5-10-18(16)28-12-6-11-24-28/h1-12,14H,(H2,25,26,27,29). The summed E-state index contributed by atoms with van der Waals surface area (Å²) >= 11 is 0. The van der Waals surface area contributed by atoms with Gasteiger partial charge in [0.1, 0.15) is 11.6 Å². The van der Waals surface area contributed by atoms with Gasteiger partial charge in [0.15, 0.2) is 0 Å². The summed E-state index contributed by atoms with van der Waals surface area (Å²) in [5, 5.41) is 17.7. The molecule has 140 valence electrons. The fourth-order valence-electron chi connectivity index (χ4n) is 2.81. The lowest BCUT2D eigenvalue weighted by atomic mass is 10.1. The molecule has 29 heavy (non-hydrogen) atoms. The van der Waals surface area contributed by atoms with Gasteiger partial charge in [-0.05, 0) is 12.1 Å². The minimum atomic E-state index is -0.531. The van der Waals surface area contributed by atoms with Crippen molar-refractivity contribution in [1.82, 2.24) is 19.7 Å². The van der Waals surface area contributed by atoms with Crippen molar-refractivity contribution in [2.45, 2.75) is 0 Å². The summed E-state index contributed by atoms with van der Waals surface area (Å²) in [4.78, 5) is 19.2. The van der Waals surface area contributed by atoms with E-state index in [1.807, 2.05) is 60.8 Å². The topological polar surface area (TPSA) is 112 Å². The Morgan fingerprint density at radius 2 is 1.90 bits per heavy atom. The fourth-order valence-corrected chi connectivity index (χ4v) is 2.81. The first-order valence-corrected chi connectivity index (χ1v) is 8.74. The third-order valence-electron chi connectivity index (χ3n) is 4.14. The van der Waals surface area contributed by atoms with Gasteiger partial charge >= 0.3 is 0 Å². The molecule has 0 aliphatic rings. The van der Waals surface area contributed by atoms with Crippen molar-refractivity contribution >= 4 is 12.2 Å². The summed E-state index contributed by atoms with van der Waals surface area (Å²) < 4.78 is 1.73. The van der Waals surface area contributed by atoms with Crippen LogP contribution in [0.15, 0.2) is 83.0 Å². The van der Waals surface area contributed by atoms with Gasteiger partial charge in [-0.2, -0.15) is 15.5 Å². The number of anilines is 1. The molecule has 2 aromatic carbocycles. The van der Waals surface area contributed by atoms with E-state index in [0.29, 0.717) is 11.3 Å². The van der Waals surface area contributed by atoms with Crippen LogP contribution in [0.2, 0.25) is 0 Å². The van der Waals surface area contributed by atoms with Crippen molar-refractivity contribution in [3.63, 3.8) is 0 Å². The molecule has 8 nitrogen and oxygen atoms in total. The quantitative estimate of drug-likeness (QED) is 0.408. The molecule has 2 heterocycles. The molecule has 0 unspecified atom stereocenters. The largest absolute Gasteiger partial charge is 0.290 e. The normalized spacial score (nSPS) is 10.7. The zero-order chi connectivity index (χ0) is 20.1. The van der Waals surface area contributed by atoms with Gasteiger partial charge < -0.3 is 0 Å². The van der Waals surface area contributed by atoms with Crippen LogP contribution < -0.4 is 11.0 Å². The van der Waals surface area contributed by atoms with Gasteiger partial charge in [0.2, 0.25) is 5.95 Å². The van der Waals surface area contributed by atoms with E-state index in [1.54, 1.807) is 29.2 Å². The van der Waals surface area contributed by atoms with E-state index < -0.39 is 5.56 Å². The van der Waals surface area contributed by atoms with Crippen LogP contribution in [0.25, 0.3) is 16.9 Å². The number of nitrogens with zero attached hydrogens (tertiary/aromatic N) is 5. The van der Waals surface area contributed by atoms with Gasteiger partial charge in [0.25, 0.3) is 5.56 Å². The number of hydrogen-bond acceptors (Lipinski definition) is 6. The van der Waals surface area contributed by atoms with Gasteiger partial charge in [-0.1, -0.05) is 48.5 Å². The Labute approximate surface area is 165 Å². The number of hydrazone groups is 1. The molecular weight excluding hydrogens is 366 g/mol. The third-order valence-corrected chi connectivity index (χ3v) is 4.14. The SMILES string of the molecule is N#Cc1c(-c2ccccc2)nc(NN=Cc2ccccc2-n2cccn2)[nH]c1=O. The minimum Gasteiger partial charge on any atom is -0.290 e. The van der Waals surface area contributed by atoms with E-state index in [-0.39, 0.29) is 11.5 Å². The van der Waals surface area contributed by atoms with E-state index in [9.17, 15) is 10.1 Å². The molecule has 8 heteroatoms. The highest BCUT2D eigenvalue weighted by Crippen LogP contribution is 2.19. The van der Waals surface area contributed by atoms with Gasteiger partial charge in [0.05, 0.1) is 17.6 Å². The van der Waals surface area contributed by atoms with E-state index in [4.69, 9.17) is 0 Å². The maximum Gasteiger partial charge on any atom is 0.270 e. The van der Waals surface area contributed by atoms with Crippen LogP contribution in [0, 0.1) is 11.3 Å². The molecule has 0 spiro atoms. The summed E-state index contributed by atoms with van der Waals surface area (Å²) in [5.74, 6) is 0.140. The number of para-hydroxylation sites is 1. The number of nitriles is 1. The molecule has 4 rings (SSSR count). The molecule has 0 amide bonds. The number of rotatable bonds is 5. The molecule has 2 N–H and O–H groups in total. The molecule has 0 saturated carbocycles. The summed E-state index contributed by atoms with van der Waals surface area (Å²) in [6.07, 6.45) is 5.14. The van der Waals surface area contributed by atoms with Gasteiger partial charge in [-0.15, -0.1) is 0 Å². The highest BCUT2D eigenvalue weighted by atomic mass is 16.1. The van der Waals surface area contributed by atoms with Crippen molar-refractivity contribution in [1.29, 1.82) is 5.26 Å². The molecule has 0 fully saturated rings. The number of aromatic amines is 1. The number of benzene rings is 2. The van der Waals surface area contributed by atoms with E-state index in [1.165, 1.54) is 0 Å². The Morgan fingerprint density at radius 3 is 2.66 bits per heavy atom. The highest BCUT2D eigenvalue weighted by Gasteiger charge is 2.12. The van der Waals surface area contributed by atoms with E-state index >= 15 is 0 Å². The van der Waals surface area contributed by atoms with Crippen LogP contribution >= 0.6 is 0 Å². The van der Waals surface area contributed by atoms with E-state index in [2.05, 4.69) is 25.6 Å². The summed E-state index contributed by atoms with van der Waals surface area (Å²) in [6.45, 7) is 0. The Balaban J connectivity index is 1.64. The fraction of sp³-hybridized carbons (Fsp3) is 0. The first kappa shape index (κ1) is 17.9. The second-order valence-electron chi connectivity index (χ2n) is 6.00. The second-order valence-corrected chi connectivity index (χ2v) is 6.00. The van der Waals surface area contributed by atoms with Crippen molar-refractivity contribution in [3.8, 4) is 23.0 Å². The number of aromatic nitrogens is 4. The van der Waals surface area contributed by atoms with Gasteiger partial charge in [-0.25, -0.2) is 15.1 Å². The van der Waals surface area contributed by atoms with Gasteiger partial charge in [-0.3, -0.25) is 9.78 Å². The van der Waals surface area contributed by atoms with Crippen LogP contribution in [-0.4, -0.2) is 26.0 Å². The van der Waals surface area contributed by atoms with E-state index in [0.717, 1.165) is 11.3 Å². The third kappa shape index (κ3) is 3.79. The number of H-pyrrole nitrogens is 1. The molecule has 0 radical (unpaired) electrons. The Morgan fingerprint density at radius 1 is 1.10 bits per heavy atom. The van der Waals surface area contributed by atoms with Crippen molar-refractivity contribution < 1.29 is 0 Å². The molecule has 0 atom stereocenters. The molecule has 0 aliphatic carbocycles. The first-order valence-electron chi connectivity index (χ1n) is 8.74. The molecule has 0 saturated heterocycles. The van der Waals surface area contributed by atoms with Crippen LogP contribution in [0.1, 0.15) is 11.1 Å². The maximum absolute atomic E-state index is 12.3. The van der Waals surface area contributed by atoms with Crippen LogP contribution in [0.4, 0.5) is 5.95 Å². The van der Waals surface area contributed by atoms with Crippen LogP contribution in [0.5, 0.6) is 0 Å². The highest BCUT2D eigenvalue weighted by molar-refractivity contribution is 5.85. The number of nitrogens with one attached hydrogen (secondary N) is 2. The smallest absolute Gasteiger partial charge is 0.270 e. The average molecular weight is 381 g/mol. The maximum atomic E-state index is 12.3. The summed E-state index contributed by atoms with van der Waals surface area (Å²) in [7, 11) is 0. The molecular formula is C21H15N7O. The first-order chi connectivity index (χ1) is 14.3. The molecule has 0 aliphatic heterocycles. The lowest BCUT2D eigenvalue weighted by Crippen LogP contribution is -2.16. The van der Waals surface area contributed by atoms with Crippen LogP contribution in [0.3, 0.4) is 0 Å². The summed E-state index contributed by atoms with van der Waals surface area (Å²) in [6, 6.07) is 20.4. The zero-order valence-electron chi connectivity index (χ0n) is 15.1. The predicted octanol–water partition coefficient (Wildman–Crippen LogP) is 2.94. The minimum absolute atomic E-state index is 0.0465. The Hall–Kier alpha value is -4.51. The lowest BCUT2D eigenvalue weighted by Gasteiger charge is -2.07.